The SMILES string of the molecule is CNC(C)(C#N)CCCSc1ccc2c(c1)OCCCO2. The fourth-order valence-corrected chi connectivity index (χ4v) is 2.96. The fraction of sp³-hybridized carbons (Fsp3) is 0.562. The van der Waals surface area contributed by atoms with Gasteiger partial charge in [-0.2, -0.15) is 5.26 Å². The number of ether oxygens (including phenoxy) is 2. The Morgan fingerprint density at radius 2 is 2.10 bits per heavy atom. The van der Waals surface area contributed by atoms with E-state index in [2.05, 4.69) is 17.5 Å². The van der Waals surface area contributed by atoms with Gasteiger partial charge in [0.15, 0.2) is 11.5 Å². The smallest absolute Gasteiger partial charge is 0.162 e. The minimum absolute atomic E-state index is 0.425. The monoisotopic (exact) mass is 306 g/mol. The van der Waals surface area contributed by atoms with Crippen LogP contribution in [0.5, 0.6) is 11.5 Å². The van der Waals surface area contributed by atoms with Crippen LogP contribution in [0.2, 0.25) is 0 Å². The summed E-state index contributed by atoms with van der Waals surface area (Å²) in [5, 5.41) is 12.2. The molecule has 0 radical (unpaired) electrons. The molecule has 0 bridgehead atoms. The number of nitrogens with zero attached hydrogens (tertiary/aromatic N) is 1. The number of benzene rings is 1. The summed E-state index contributed by atoms with van der Waals surface area (Å²) >= 11 is 1.79. The summed E-state index contributed by atoms with van der Waals surface area (Å²) in [4.78, 5) is 1.18. The van der Waals surface area contributed by atoms with E-state index in [4.69, 9.17) is 14.7 Å². The van der Waals surface area contributed by atoms with Gasteiger partial charge in [-0.25, -0.2) is 0 Å². The Balaban J connectivity index is 1.84. The molecule has 1 atom stereocenters. The molecular formula is C16H22N2O2S. The van der Waals surface area contributed by atoms with Gasteiger partial charge >= 0.3 is 0 Å². The first-order chi connectivity index (χ1) is 10.2. The zero-order valence-corrected chi connectivity index (χ0v) is 13.5. The molecule has 0 amide bonds. The Morgan fingerprint density at radius 1 is 1.33 bits per heavy atom. The molecular weight excluding hydrogens is 284 g/mol. The van der Waals surface area contributed by atoms with Gasteiger partial charge in [0.1, 0.15) is 5.54 Å². The van der Waals surface area contributed by atoms with Crippen LogP contribution >= 0.6 is 11.8 Å². The highest BCUT2D eigenvalue weighted by atomic mass is 32.2. The lowest BCUT2D eigenvalue weighted by atomic mass is 9.99. The van der Waals surface area contributed by atoms with Gasteiger partial charge in [0.2, 0.25) is 0 Å². The lowest BCUT2D eigenvalue weighted by molar-refractivity contribution is 0.297. The van der Waals surface area contributed by atoms with Crippen molar-refractivity contribution in [3.63, 3.8) is 0 Å². The van der Waals surface area contributed by atoms with E-state index in [0.29, 0.717) is 6.61 Å². The zero-order chi connectivity index (χ0) is 15.1. The summed E-state index contributed by atoms with van der Waals surface area (Å²) < 4.78 is 11.3. The summed E-state index contributed by atoms with van der Waals surface area (Å²) in [5.41, 5.74) is -0.425. The van der Waals surface area contributed by atoms with Gasteiger partial charge in [-0.1, -0.05) is 0 Å². The van der Waals surface area contributed by atoms with E-state index in [1.165, 1.54) is 4.90 Å². The standard InChI is InChI=1S/C16H22N2O2S/c1-16(12-17,18-2)7-3-10-21-13-5-6-14-15(11-13)20-9-4-8-19-14/h5-6,11,18H,3-4,7-10H2,1-2H3. The van der Waals surface area contributed by atoms with Crippen molar-refractivity contribution >= 4 is 11.8 Å². The van der Waals surface area contributed by atoms with Crippen LogP contribution in [0.4, 0.5) is 0 Å². The molecule has 0 saturated heterocycles. The average molecular weight is 306 g/mol. The van der Waals surface area contributed by atoms with Crippen LogP contribution in [-0.2, 0) is 0 Å². The molecule has 1 aromatic carbocycles. The molecule has 114 valence electrons. The van der Waals surface area contributed by atoms with E-state index in [9.17, 15) is 0 Å². The highest BCUT2D eigenvalue weighted by Gasteiger charge is 2.20. The first-order valence-electron chi connectivity index (χ1n) is 7.29. The number of hydrogen-bond donors (Lipinski definition) is 1. The van der Waals surface area contributed by atoms with Crippen molar-refractivity contribution in [3.05, 3.63) is 18.2 Å². The topological polar surface area (TPSA) is 54.3 Å². The highest BCUT2D eigenvalue weighted by molar-refractivity contribution is 7.99. The minimum atomic E-state index is -0.425. The molecule has 0 spiro atoms. The van der Waals surface area contributed by atoms with Crippen molar-refractivity contribution < 1.29 is 9.47 Å². The van der Waals surface area contributed by atoms with E-state index < -0.39 is 5.54 Å². The maximum absolute atomic E-state index is 9.11. The van der Waals surface area contributed by atoms with Gasteiger partial charge in [-0.3, -0.25) is 0 Å². The molecule has 1 unspecified atom stereocenters. The molecule has 0 aliphatic carbocycles. The molecule has 0 saturated carbocycles. The third-order valence-electron chi connectivity index (χ3n) is 3.61. The van der Waals surface area contributed by atoms with Gasteiger partial charge in [0.05, 0.1) is 19.3 Å². The lowest BCUT2D eigenvalue weighted by Crippen LogP contribution is -2.37. The van der Waals surface area contributed by atoms with Crippen LogP contribution in [0.1, 0.15) is 26.2 Å². The second-order valence-electron chi connectivity index (χ2n) is 5.30. The number of thioether (sulfide) groups is 1. The third-order valence-corrected chi connectivity index (χ3v) is 4.69. The third kappa shape index (κ3) is 4.55. The van der Waals surface area contributed by atoms with Crippen molar-refractivity contribution in [1.29, 1.82) is 5.26 Å². The summed E-state index contributed by atoms with van der Waals surface area (Å²) in [6.07, 6.45) is 2.76. The largest absolute Gasteiger partial charge is 0.490 e. The van der Waals surface area contributed by atoms with Crippen molar-refractivity contribution in [2.45, 2.75) is 36.6 Å². The van der Waals surface area contributed by atoms with Crippen molar-refractivity contribution in [2.75, 3.05) is 26.0 Å². The minimum Gasteiger partial charge on any atom is -0.490 e. The van der Waals surface area contributed by atoms with E-state index in [1.54, 1.807) is 11.8 Å². The van der Waals surface area contributed by atoms with E-state index in [1.807, 2.05) is 26.1 Å². The summed E-state index contributed by atoms with van der Waals surface area (Å²) in [5.74, 6) is 2.66. The van der Waals surface area contributed by atoms with Gasteiger partial charge in [-0.15, -0.1) is 11.8 Å². The molecule has 0 aromatic heterocycles. The normalized spacial score (nSPS) is 16.6. The molecule has 21 heavy (non-hydrogen) atoms. The second-order valence-corrected chi connectivity index (χ2v) is 6.47. The van der Waals surface area contributed by atoms with Gasteiger partial charge < -0.3 is 14.8 Å². The quantitative estimate of drug-likeness (QED) is 0.646. The summed E-state index contributed by atoms with van der Waals surface area (Å²) in [6.45, 7) is 3.37. The van der Waals surface area contributed by atoms with Crippen molar-refractivity contribution in [1.82, 2.24) is 5.32 Å². The van der Waals surface area contributed by atoms with Crippen LogP contribution in [0, 0.1) is 11.3 Å². The van der Waals surface area contributed by atoms with Gasteiger partial charge in [-0.05, 0) is 50.8 Å². The number of rotatable bonds is 6. The molecule has 5 heteroatoms. The van der Waals surface area contributed by atoms with Gasteiger partial charge in [0.25, 0.3) is 0 Å². The Hall–Kier alpha value is -1.38. The van der Waals surface area contributed by atoms with Crippen LogP contribution in [0.15, 0.2) is 23.1 Å². The van der Waals surface area contributed by atoms with E-state index in [0.717, 1.165) is 43.1 Å². The highest BCUT2D eigenvalue weighted by Crippen LogP contribution is 2.34. The summed E-state index contributed by atoms with van der Waals surface area (Å²) in [6, 6.07) is 8.42. The molecule has 1 aromatic rings. The molecule has 4 nitrogen and oxygen atoms in total. The van der Waals surface area contributed by atoms with Gasteiger partial charge in [0, 0.05) is 11.3 Å². The molecule has 1 aliphatic heterocycles. The Morgan fingerprint density at radius 3 is 2.81 bits per heavy atom. The average Bonchev–Trinajstić information content (AvgIpc) is 2.76. The van der Waals surface area contributed by atoms with Crippen molar-refractivity contribution in [2.24, 2.45) is 0 Å². The Labute approximate surface area is 130 Å². The lowest BCUT2D eigenvalue weighted by Gasteiger charge is -2.20. The number of nitrogens with one attached hydrogen (secondary N) is 1. The predicted molar refractivity (Wildman–Crippen MR) is 85.1 cm³/mol. The second kappa shape index (κ2) is 7.58. The summed E-state index contributed by atoms with van der Waals surface area (Å²) in [7, 11) is 1.83. The number of nitriles is 1. The molecule has 2 rings (SSSR count). The van der Waals surface area contributed by atoms with Crippen LogP contribution < -0.4 is 14.8 Å². The molecule has 1 N–H and O–H groups in total. The zero-order valence-electron chi connectivity index (χ0n) is 12.6. The first kappa shape index (κ1) is 16.0. The Bertz CT molecular complexity index is 515. The Kier molecular flexibility index (Phi) is 5.77. The first-order valence-corrected chi connectivity index (χ1v) is 8.28. The van der Waals surface area contributed by atoms with E-state index in [-0.39, 0.29) is 0 Å². The molecule has 1 heterocycles. The molecule has 1 aliphatic rings. The number of fused-ring (bicyclic) bond motifs is 1. The predicted octanol–water partition coefficient (Wildman–Crippen LogP) is 3.22. The van der Waals surface area contributed by atoms with Crippen LogP contribution in [-0.4, -0.2) is 31.6 Å². The number of hydrogen-bond acceptors (Lipinski definition) is 5. The maximum atomic E-state index is 9.11. The van der Waals surface area contributed by atoms with Crippen molar-refractivity contribution in [3.8, 4) is 17.6 Å². The fourth-order valence-electron chi connectivity index (χ4n) is 2.09. The van der Waals surface area contributed by atoms with Crippen LogP contribution in [0.25, 0.3) is 0 Å². The van der Waals surface area contributed by atoms with E-state index >= 15 is 0 Å². The maximum Gasteiger partial charge on any atom is 0.162 e. The molecule has 0 fully saturated rings. The van der Waals surface area contributed by atoms with Crippen LogP contribution in [0.3, 0.4) is 0 Å².